The number of benzene rings is 2. The Morgan fingerprint density at radius 3 is 2.22 bits per heavy atom. The molecule has 6 heteroatoms. The molecule has 27 heavy (non-hydrogen) atoms. The molecule has 2 aromatic carbocycles. The Hall–Kier alpha value is -2.86. The number of ether oxygens (including phenoxy) is 1. The van der Waals surface area contributed by atoms with E-state index in [1.807, 2.05) is 6.07 Å². The molecule has 1 unspecified atom stereocenters. The lowest BCUT2D eigenvalue weighted by Gasteiger charge is -2.25. The van der Waals surface area contributed by atoms with Gasteiger partial charge in [-0.15, -0.1) is 0 Å². The molecule has 0 radical (unpaired) electrons. The van der Waals surface area contributed by atoms with Crippen LogP contribution in [0, 0.1) is 0 Å². The summed E-state index contributed by atoms with van der Waals surface area (Å²) >= 11 is 0. The number of carbonyl (C=O) groups is 2. The zero-order valence-corrected chi connectivity index (χ0v) is 15.7. The summed E-state index contributed by atoms with van der Waals surface area (Å²) in [6.07, 6.45) is -0.0395. The standard InChI is InChI=1S/C21H25NO5/c1-20(2,3)27-19(25)22-13-12-15-8-7-11-17(14-15)21(26,18(23)24)16-9-5-4-6-10-16/h4-11,14,26H,12-13H2,1-3H3,(H,22,25)(H,23,24). The average Bonchev–Trinajstić information content (AvgIpc) is 2.60. The van der Waals surface area contributed by atoms with Crippen molar-refractivity contribution >= 4 is 12.1 Å². The van der Waals surface area contributed by atoms with E-state index in [2.05, 4.69) is 5.32 Å². The highest BCUT2D eigenvalue weighted by atomic mass is 16.6. The molecule has 0 fully saturated rings. The van der Waals surface area contributed by atoms with Gasteiger partial charge in [0.15, 0.2) is 0 Å². The largest absolute Gasteiger partial charge is 0.479 e. The molecule has 3 N–H and O–H groups in total. The van der Waals surface area contributed by atoms with Gasteiger partial charge in [-0.25, -0.2) is 9.59 Å². The van der Waals surface area contributed by atoms with E-state index in [9.17, 15) is 19.8 Å². The van der Waals surface area contributed by atoms with Gasteiger partial charge >= 0.3 is 12.1 Å². The van der Waals surface area contributed by atoms with E-state index >= 15 is 0 Å². The second-order valence-corrected chi connectivity index (χ2v) is 7.26. The van der Waals surface area contributed by atoms with Crippen LogP contribution in [0.5, 0.6) is 0 Å². The minimum Gasteiger partial charge on any atom is -0.479 e. The molecule has 2 aromatic rings. The minimum atomic E-state index is -2.14. The first-order valence-electron chi connectivity index (χ1n) is 8.70. The lowest BCUT2D eigenvalue weighted by molar-refractivity contribution is -0.155. The highest BCUT2D eigenvalue weighted by Crippen LogP contribution is 2.30. The number of carboxylic acids is 1. The van der Waals surface area contributed by atoms with Crippen molar-refractivity contribution in [2.24, 2.45) is 0 Å². The number of aliphatic carboxylic acids is 1. The van der Waals surface area contributed by atoms with E-state index in [4.69, 9.17) is 4.74 Å². The van der Waals surface area contributed by atoms with Crippen LogP contribution in [0.1, 0.15) is 37.5 Å². The van der Waals surface area contributed by atoms with Gasteiger partial charge in [0.2, 0.25) is 5.60 Å². The molecule has 0 bridgehead atoms. The molecule has 1 atom stereocenters. The maximum absolute atomic E-state index is 11.8. The van der Waals surface area contributed by atoms with Gasteiger partial charge in [0.1, 0.15) is 5.60 Å². The molecule has 0 saturated heterocycles. The van der Waals surface area contributed by atoms with Crippen LogP contribution in [0.3, 0.4) is 0 Å². The maximum Gasteiger partial charge on any atom is 0.407 e. The predicted molar refractivity (Wildman–Crippen MR) is 101 cm³/mol. The van der Waals surface area contributed by atoms with Crippen molar-refractivity contribution in [2.45, 2.75) is 38.4 Å². The van der Waals surface area contributed by atoms with E-state index < -0.39 is 23.3 Å². The van der Waals surface area contributed by atoms with Gasteiger partial charge in [-0.2, -0.15) is 0 Å². The van der Waals surface area contributed by atoms with Crippen molar-refractivity contribution in [3.8, 4) is 0 Å². The Kier molecular flexibility index (Phi) is 6.23. The van der Waals surface area contributed by atoms with Crippen molar-refractivity contribution < 1.29 is 24.5 Å². The van der Waals surface area contributed by atoms with Gasteiger partial charge in [-0.05, 0) is 43.9 Å². The van der Waals surface area contributed by atoms with Crippen LogP contribution in [0.4, 0.5) is 4.79 Å². The number of alkyl carbamates (subject to hydrolysis) is 1. The van der Waals surface area contributed by atoms with Crippen LogP contribution < -0.4 is 5.32 Å². The molecule has 0 saturated carbocycles. The summed E-state index contributed by atoms with van der Waals surface area (Å²) in [5, 5.41) is 23.2. The number of hydrogen-bond donors (Lipinski definition) is 3. The number of carbonyl (C=O) groups excluding carboxylic acids is 1. The van der Waals surface area contributed by atoms with Crippen molar-refractivity contribution in [3.05, 3.63) is 71.3 Å². The fourth-order valence-corrected chi connectivity index (χ4v) is 2.67. The third-order valence-corrected chi connectivity index (χ3v) is 3.93. The summed E-state index contributed by atoms with van der Waals surface area (Å²) in [7, 11) is 0. The highest BCUT2D eigenvalue weighted by Gasteiger charge is 2.40. The Bertz CT molecular complexity index is 798. The van der Waals surface area contributed by atoms with Crippen molar-refractivity contribution in [3.63, 3.8) is 0 Å². The molecule has 6 nitrogen and oxygen atoms in total. The second-order valence-electron chi connectivity index (χ2n) is 7.26. The maximum atomic E-state index is 11.8. The molecule has 0 aliphatic carbocycles. The van der Waals surface area contributed by atoms with Crippen molar-refractivity contribution in [1.29, 1.82) is 0 Å². The first kappa shape index (κ1) is 20.5. The van der Waals surface area contributed by atoms with Gasteiger partial charge < -0.3 is 20.3 Å². The van der Waals surface area contributed by atoms with Crippen molar-refractivity contribution in [2.75, 3.05) is 6.54 Å². The Morgan fingerprint density at radius 1 is 1.00 bits per heavy atom. The summed E-state index contributed by atoms with van der Waals surface area (Å²) in [5.41, 5.74) is -1.38. The third-order valence-electron chi connectivity index (χ3n) is 3.93. The summed E-state index contributed by atoms with van der Waals surface area (Å²) in [4.78, 5) is 23.5. The molecule has 0 aromatic heterocycles. The molecular formula is C21H25NO5. The van der Waals surface area contributed by atoms with Gasteiger partial charge in [0.25, 0.3) is 0 Å². The van der Waals surface area contributed by atoms with Gasteiger partial charge in [-0.3, -0.25) is 0 Å². The number of nitrogens with one attached hydrogen (secondary N) is 1. The molecular weight excluding hydrogens is 346 g/mol. The van der Waals surface area contributed by atoms with Crippen LogP contribution >= 0.6 is 0 Å². The minimum absolute atomic E-state index is 0.260. The molecule has 0 spiro atoms. The third kappa shape index (κ3) is 5.31. The van der Waals surface area contributed by atoms with Gasteiger partial charge in [0, 0.05) is 6.54 Å². The van der Waals surface area contributed by atoms with Crippen LogP contribution in [-0.2, 0) is 21.6 Å². The Balaban J connectivity index is 2.14. The van der Waals surface area contributed by atoms with Crippen LogP contribution in [-0.4, -0.2) is 34.4 Å². The highest BCUT2D eigenvalue weighted by molar-refractivity contribution is 5.83. The SMILES string of the molecule is CC(C)(C)OC(=O)NCCc1cccc(C(O)(C(=O)O)c2ccccc2)c1. The zero-order chi connectivity index (χ0) is 20.1. The number of rotatable bonds is 6. The number of aliphatic hydroxyl groups is 1. The number of carboxylic acid groups (broad SMARTS) is 1. The van der Waals surface area contributed by atoms with Crippen LogP contribution in [0.2, 0.25) is 0 Å². The fraction of sp³-hybridized carbons (Fsp3) is 0.333. The summed E-state index contributed by atoms with van der Waals surface area (Å²) in [6.45, 7) is 5.68. The van der Waals surface area contributed by atoms with Crippen LogP contribution in [0.15, 0.2) is 54.6 Å². The summed E-state index contributed by atoms with van der Waals surface area (Å²) in [6, 6.07) is 15.0. The van der Waals surface area contributed by atoms with E-state index in [1.54, 1.807) is 69.3 Å². The summed E-state index contributed by atoms with van der Waals surface area (Å²) in [5.74, 6) is -1.35. The Morgan fingerprint density at radius 2 is 1.63 bits per heavy atom. The van der Waals surface area contributed by atoms with Crippen LogP contribution in [0.25, 0.3) is 0 Å². The molecule has 0 heterocycles. The smallest absolute Gasteiger partial charge is 0.407 e. The summed E-state index contributed by atoms with van der Waals surface area (Å²) < 4.78 is 5.18. The molecule has 0 aliphatic heterocycles. The Labute approximate surface area is 158 Å². The quantitative estimate of drug-likeness (QED) is 0.725. The van der Waals surface area contributed by atoms with Crippen molar-refractivity contribution in [1.82, 2.24) is 5.32 Å². The van der Waals surface area contributed by atoms with E-state index in [0.717, 1.165) is 5.56 Å². The molecule has 144 valence electrons. The normalized spacial score (nSPS) is 13.5. The van der Waals surface area contributed by atoms with Gasteiger partial charge in [0.05, 0.1) is 0 Å². The predicted octanol–water partition coefficient (Wildman–Crippen LogP) is 3.07. The lowest BCUT2D eigenvalue weighted by Crippen LogP contribution is -2.37. The molecule has 0 aliphatic rings. The monoisotopic (exact) mass is 371 g/mol. The topological polar surface area (TPSA) is 95.9 Å². The first-order valence-corrected chi connectivity index (χ1v) is 8.70. The number of hydrogen-bond acceptors (Lipinski definition) is 4. The number of amides is 1. The van der Waals surface area contributed by atoms with E-state index in [0.29, 0.717) is 13.0 Å². The second kappa shape index (κ2) is 8.22. The average molecular weight is 371 g/mol. The lowest BCUT2D eigenvalue weighted by atomic mass is 9.85. The molecule has 1 amide bonds. The zero-order valence-electron chi connectivity index (χ0n) is 15.7. The van der Waals surface area contributed by atoms with E-state index in [-0.39, 0.29) is 11.1 Å². The fourth-order valence-electron chi connectivity index (χ4n) is 2.67. The van der Waals surface area contributed by atoms with E-state index in [1.165, 1.54) is 0 Å². The van der Waals surface area contributed by atoms with Gasteiger partial charge in [-0.1, -0.05) is 54.6 Å². The molecule has 2 rings (SSSR count). The first-order chi connectivity index (χ1) is 12.6.